The smallest absolute Gasteiger partial charge is 0.306 e. The Balaban J connectivity index is 1.49. The fourth-order valence-corrected chi connectivity index (χ4v) is 3.85. The number of hydrogen-bond donors (Lipinski definition) is 3. The van der Waals surface area contributed by atoms with Gasteiger partial charge >= 0.3 is 5.97 Å². The van der Waals surface area contributed by atoms with E-state index in [2.05, 4.69) is 5.32 Å². The number of carboxylic acids is 1. The molecule has 0 aromatic heterocycles. The molecule has 1 amide bonds. The molecule has 142 valence electrons. The molecule has 0 bridgehead atoms. The number of ether oxygens (including phenoxy) is 1. The number of aliphatic carboxylic acids is 1. The van der Waals surface area contributed by atoms with Crippen molar-refractivity contribution in [3.8, 4) is 5.75 Å². The maximum atomic E-state index is 12.4. The Labute approximate surface area is 153 Å². The van der Waals surface area contributed by atoms with Crippen LogP contribution in [0, 0.1) is 11.8 Å². The first-order valence-electron chi connectivity index (χ1n) is 9.51. The molecule has 2 fully saturated rings. The van der Waals surface area contributed by atoms with Crippen molar-refractivity contribution in [1.82, 2.24) is 0 Å². The summed E-state index contributed by atoms with van der Waals surface area (Å²) in [5.74, 6) is -0.562. The Kier molecular flexibility index (Phi) is 6.14. The van der Waals surface area contributed by atoms with Gasteiger partial charge in [-0.2, -0.15) is 0 Å². The number of nitrogens with one attached hydrogen (secondary N) is 1. The Morgan fingerprint density at radius 1 is 0.923 bits per heavy atom. The van der Waals surface area contributed by atoms with Crippen molar-refractivity contribution in [3.63, 3.8) is 0 Å². The van der Waals surface area contributed by atoms with Crippen LogP contribution < -0.4 is 10.1 Å². The normalized spacial score (nSPS) is 29.0. The number of hydrogen-bond acceptors (Lipinski definition) is 4. The standard InChI is InChI=1S/C20H27NO5/c22-17-3-1-2-4-18(17)26-16-11-9-15(10-12-16)21-19(23)13-5-7-14(8-6-13)20(24)25/h9-14,17-18,22H,1-8H2,(H,21,23)(H,24,25). The third-order valence-corrected chi connectivity index (χ3v) is 5.52. The molecule has 0 aliphatic heterocycles. The second kappa shape index (κ2) is 8.54. The van der Waals surface area contributed by atoms with Gasteiger partial charge in [0.05, 0.1) is 12.0 Å². The van der Waals surface area contributed by atoms with Gasteiger partial charge in [-0.1, -0.05) is 6.42 Å². The van der Waals surface area contributed by atoms with Gasteiger partial charge in [0.25, 0.3) is 0 Å². The molecule has 2 aliphatic carbocycles. The highest BCUT2D eigenvalue weighted by Gasteiger charge is 2.29. The van der Waals surface area contributed by atoms with Crippen LogP contribution in [-0.4, -0.2) is 34.3 Å². The van der Waals surface area contributed by atoms with Crippen LogP contribution in [-0.2, 0) is 9.59 Å². The number of aliphatic hydroxyl groups excluding tert-OH is 1. The minimum atomic E-state index is -0.762. The number of amides is 1. The third kappa shape index (κ3) is 4.75. The van der Waals surface area contributed by atoms with Crippen molar-refractivity contribution in [2.75, 3.05) is 5.32 Å². The summed E-state index contributed by atoms with van der Waals surface area (Å²) in [5.41, 5.74) is 0.701. The highest BCUT2D eigenvalue weighted by atomic mass is 16.5. The van der Waals surface area contributed by atoms with Gasteiger partial charge < -0.3 is 20.3 Å². The Hall–Kier alpha value is -2.08. The van der Waals surface area contributed by atoms with Gasteiger partial charge in [-0.25, -0.2) is 0 Å². The summed E-state index contributed by atoms with van der Waals surface area (Å²) in [4.78, 5) is 23.4. The van der Waals surface area contributed by atoms with Crippen LogP contribution in [0.2, 0.25) is 0 Å². The molecule has 2 aliphatic rings. The van der Waals surface area contributed by atoms with Crippen LogP contribution in [0.4, 0.5) is 5.69 Å². The summed E-state index contributed by atoms with van der Waals surface area (Å²) >= 11 is 0. The number of carbonyl (C=O) groups is 2. The van der Waals surface area contributed by atoms with E-state index in [0.717, 1.165) is 25.7 Å². The molecule has 6 heteroatoms. The molecule has 0 radical (unpaired) electrons. The Morgan fingerprint density at radius 3 is 2.15 bits per heavy atom. The first-order valence-corrected chi connectivity index (χ1v) is 9.51. The predicted molar refractivity (Wildman–Crippen MR) is 97.0 cm³/mol. The minimum Gasteiger partial charge on any atom is -0.488 e. The Morgan fingerprint density at radius 2 is 1.54 bits per heavy atom. The third-order valence-electron chi connectivity index (χ3n) is 5.52. The van der Waals surface area contributed by atoms with Gasteiger partial charge in [-0.15, -0.1) is 0 Å². The number of carboxylic acid groups (broad SMARTS) is 1. The van der Waals surface area contributed by atoms with E-state index < -0.39 is 12.1 Å². The van der Waals surface area contributed by atoms with Crippen LogP contribution in [0.1, 0.15) is 51.4 Å². The zero-order valence-electron chi connectivity index (χ0n) is 14.9. The summed E-state index contributed by atoms with van der Waals surface area (Å²) in [6.45, 7) is 0. The van der Waals surface area contributed by atoms with Gasteiger partial charge in [-0.3, -0.25) is 9.59 Å². The largest absolute Gasteiger partial charge is 0.488 e. The lowest BCUT2D eigenvalue weighted by Crippen LogP contribution is -2.34. The average Bonchev–Trinajstić information content (AvgIpc) is 2.65. The molecule has 6 nitrogen and oxygen atoms in total. The molecule has 0 saturated heterocycles. The van der Waals surface area contributed by atoms with E-state index in [0.29, 0.717) is 37.1 Å². The number of aliphatic hydroxyl groups is 1. The predicted octanol–water partition coefficient (Wildman–Crippen LogP) is 3.20. The second-order valence-corrected chi connectivity index (χ2v) is 7.41. The van der Waals surface area contributed by atoms with Gasteiger partial charge in [0, 0.05) is 11.6 Å². The molecule has 2 saturated carbocycles. The van der Waals surface area contributed by atoms with Crippen molar-refractivity contribution in [3.05, 3.63) is 24.3 Å². The van der Waals surface area contributed by atoms with Crippen molar-refractivity contribution in [1.29, 1.82) is 0 Å². The maximum Gasteiger partial charge on any atom is 0.306 e. The zero-order chi connectivity index (χ0) is 18.5. The number of benzene rings is 1. The molecule has 3 N–H and O–H groups in total. The summed E-state index contributed by atoms with van der Waals surface area (Å²) in [6, 6.07) is 7.20. The van der Waals surface area contributed by atoms with E-state index in [-0.39, 0.29) is 23.8 Å². The quantitative estimate of drug-likeness (QED) is 0.748. The fraction of sp³-hybridized carbons (Fsp3) is 0.600. The number of anilines is 1. The molecule has 2 unspecified atom stereocenters. The van der Waals surface area contributed by atoms with Crippen molar-refractivity contribution >= 4 is 17.6 Å². The van der Waals surface area contributed by atoms with E-state index in [1.54, 1.807) is 24.3 Å². The molecule has 1 aromatic carbocycles. The van der Waals surface area contributed by atoms with Crippen LogP contribution >= 0.6 is 0 Å². The van der Waals surface area contributed by atoms with E-state index in [1.807, 2.05) is 0 Å². The summed E-state index contributed by atoms with van der Waals surface area (Å²) < 4.78 is 5.86. The lowest BCUT2D eigenvalue weighted by Gasteiger charge is -2.28. The van der Waals surface area contributed by atoms with E-state index in [4.69, 9.17) is 9.84 Å². The van der Waals surface area contributed by atoms with E-state index in [1.165, 1.54) is 0 Å². The first kappa shape index (κ1) is 18.7. The zero-order valence-corrected chi connectivity index (χ0v) is 14.9. The van der Waals surface area contributed by atoms with Crippen molar-refractivity contribution in [2.45, 2.75) is 63.6 Å². The monoisotopic (exact) mass is 361 g/mol. The first-order chi connectivity index (χ1) is 12.5. The van der Waals surface area contributed by atoms with Crippen LogP contribution in [0.25, 0.3) is 0 Å². The molecule has 2 atom stereocenters. The average molecular weight is 361 g/mol. The van der Waals surface area contributed by atoms with Gasteiger partial charge in [-0.05, 0) is 69.2 Å². The molecule has 3 rings (SSSR count). The summed E-state index contributed by atoms with van der Waals surface area (Å²) in [7, 11) is 0. The van der Waals surface area contributed by atoms with Gasteiger partial charge in [0.1, 0.15) is 11.9 Å². The fourth-order valence-electron chi connectivity index (χ4n) is 3.85. The maximum absolute atomic E-state index is 12.4. The summed E-state index contributed by atoms with van der Waals surface area (Å²) in [5, 5.41) is 21.9. The lowest BCUT2D eigenvalue weighted by atomic mass is 9.81. The highest BCUT2D eigenvalue weighted by molar-refractivity contribution is 5.92. The SMILES string of the molecule is O=C(O)C1CCC(C(=O)Nc2ccc(OC3CCCCC3O)cc2)CC1. The number of rotatable bonds is 5. The minimum absolute atomic E-state index is 0.0507. The van der Waals surface area contributed by atoms with Crippen LogP contribution in [0.15, 0.2) is 24.3 Å². The van der Waals surface area contributed by atoms with Crippen LogP contribution in [0.3, 0.4) is 0 Å². The molecular weight excluding hydrogens is 334 g/mol. The van der Waals surface area contributed by atoms with Crippen LogP contribution in [0.5, 0.6) is 5.75 Å². The van der Waals surface area contributed by atoms with E-state index >= 15 is 0 Å². The second-order valence-electron chi connectivity index (χ2n) is 7.41. The van der Waals surface area contributed by atoms with Gasteiger partial charge in [0.15, 0.2) is 0 Å². The number of carbonyl (C=O) groups excluding carboxylic acids is 1. The van der Waals surface area contributed by atoms with Gasteiger partial charge in [0.2, 0.25) is 5.91 Å². The molecular formula is C20H27NO5. The molecule has 0 spiro atoms. The van der Waals surface area contributed by atoms with E-state index in [9.17, 15) is 14.7 Å². The highest BCUT2D eigenvalue weighted by Crippen LogP contribution is 2.30. The van der Waals surface area contributed by atoms with Crippen molar-refractivity contribution < 1.29 is 24.5 Å². The Bertz CT molecular complexity index is 622. The lowest BCUT2D eigenvalue weighted by molar-refractivity contribution is -0.143. The summed E-state index contributed by atoms with van der Waals surface area (Å²) in [6.07, 6.45) is 5.53. The molecule has 1 aromatic rings. The topological polar surface area (TPSA) is 95.9 Å². The molecule has 26 heavy (non-hydrogen) atoms. The van der Waals surface area contributed by atoms with Crippen molar-refractivity contribution in [2.24, 2.45) is 11.8 Å². The molecule has 0 heterocycles.